The summed E-state index contributed by atoms with van der Waals surface area (Å²) in [5.74, 6) is 0.183. The van der Waals surface area contributed by atoms with E-state index < -0.39 is 0 Å². The Balaban J connectivity index is 1.94. The van der Waals surface area contributed by atoms with E-state index >= 15 is 0 Å². The molecular formula is C16H9Cl3N2O2. The van der Waals surface area contributed by atoms with Gasteiger partial charge >= 0.3 is 0 Å². The molecule has 0 aliphatic heterocycles. The van der Waals surface area contributed by atoms with Gasteiger partial charge in [-0.15, -0.1) is 0 Å². The molecular weight excluding hydrogens is 359 g/mol. The molecule has 0 saturated carbocycles. The van der Waals surface area contributed by atoms with E-state index in [2.05, 4.69) is 10.3 Å². The minimum atomic E-state index is 0.183. The van der Waals surface area contributed by atoms with Crippen molar-refractivity contribution in [3.8, 4) is 0 Å². The topological polar surface area (TPSA) is 55.1 Å². The summed E-state index contributed by atoms with van der Waals surface area (Å²) in [6.45, 7) is 0. The SMILES string of the molecule is O=C/C(=C/Nc1cccc(Cl)c1Cl)c1nc2cc(Cl)ccc2o1. The molecule has 2 aromatic carbocycles. The maximum absolute atomic E-state index is 11.3. The van der Waals surface area contributed by atoms with E-state index in [1.807, 2.05) is 0 Å². The third-order valence-electron chi connectivity index (χ3n) is 3.06. The lowest BCUT2D eigenvalue weighted by atomic mass is 10.3. The van der Waals surface area contributed by atoms with Crippen LogP contribution < -0.4 is 5.32 Å². The fraction of sp³-hybridized carbons (Fsp3) is 0. The molecule has 1 aromatic heterocycles. The number of carbonyl (C=O) groups excluding carboxylic acids is 1. The van der Waals surface area contributed by atoms with Gasteiger partial charge in [-0.1, -0.05) is 40.9 Å². The summed E-state index contributed by atoms with van der Waals surface area (Å²) in [6, 6.07) is 10.2. The van der Waals surface area contributed by atoms with Crippen LogP contribution in [0.4, 0.5) is 5.69 Å². The number of nitrogens with one attached hydrogen (secondary N) is 1. The first-order chi connectivity index (χ1) is 11.1. The molecule has 116 valence electrons. The van der Waals surface area contributed by atoms with Gasteiger partial charge in [-0.05, 0) is 30.3 Å². The van der Waals surface area contributed by atoms with Gasteiger partial charge in [-0.2, -0.15) is 0 Å². The quantitative estimate of drug-likeness (QED) is 0.493. The average Bonchev–Trinajstić information content (AvgIpc) is 2.94. The number of allylic oxidation sites excluding steroid dienone is 1. The van der Waals surface area contributed by atoms with Gasteiger partial charge in [0.1, 0.15) is 5.52 Å². The number of aromatic nitrogens is 1. The van der Waals surface area contributed by atoms with Crippen LogP contribution in [0.3, 0.4) is 0 Å². The van der Waals surface area contributed by atoms with E-state index in [0.29, 0.717) is 38.1 Å². The summed E-state index contributed by atoms with van der Waals surface area (Å²) in [7, 11) is 0. The Morgan fingerprint density at radius 2 is 2.00 bits per heavy atom. The number of carbonyl (C=O) groups is 1. The number of rotatable bonds is 4. The van der Waals surface area contributed by atoms with Crippen LogP contribution in [0.25, 0.3) is 16.7 Å². The molecule has 0 amide bonds. The number of hydrogen-bond donors (Lipinski definition) is 1. The molecule has 0 aliphatic rings. The summed E-state index contributed by atoms with van der Waals surface area (Å²) in [5.41, 5.74) is 1.91. The van der Waals surface area contributed by atoms with Crippen LogP contribution in [0.2, 0.25) is 15.1 Å². The Labute approximate surface area is 146 Å². The van der Waals surface area contributed by atoms with Crippen LogP contribution in [0.1, 0.15) is 5.89 Å². The Hall–Kier alpha value is -2.01. The highest BCUT2D eigenvalue weighted by atomic mass is 35.5. The van der Waals surface area contributed by atoms with Crippen LogP contribution >= 0.6 is 34.8 Å². The minimum Gasteiger partial charge on any atom is -0.436 e. The van der Waals surface area contributed by atoms with Crippen LogP contribution in [-0.2, 0) is 4.79 Å². The highest BCUT2D eigenvalue weighted by molar-refractivity contribution is 6.43. The molecule has 7 heteroatoms. The smallest absolute Gasteiger partial charge is 0.232 e. The van der Waals surface area contributed by atoms with Crippen LogP contribution in [0.5, 0.6) is 0 Å². The zero-order chi connectivity index (χ0) is 16.4. The predicted molar refractivity (Wildman–Crippen MR) is 93.1 cm³/mol. The fourth-order valence-electron chi connectivity index (χ4n) is 1.94. The summed E-state index contributed by atoms with van der Waals surface area (Å²) >= 11 is 17.9. The molecule has 0 aliphatic carbocycles. The van der Waals surface area contributed by atoms with Gasteiger partial charge in [-0.25, -0.2) is 4.98 Å². The normalized spacial score (nSPS) is 11.7. The standard InChI is InChI=1S/C16H9Cl3N2O2/c17-10-4-5-14-13(6-10)21-16(23-14)9(8-22)7-20-12-3-1-2-11(18)15(12)19/h1-8,20H/b9-7-. The number of halogens is 3. The van der Waals surface area contributed by atoms with Crippen molar-refractivity contribution in [3.63, 3.8) is 0 Å². The molecule has 0 fully saturated rings. The maximum Gasteiger partial charge on any atom is 0.232 e. The molecule has 1 N–H and O–H groups in total. The van der Waals surface area contributed by atoms with Gasteiger partial charge in [0.2, 0.25) is 5.89 Å². The molecule has 0 bridgehead atoms. The van der Waals surface area contributed by atoms with Crippen LogP contribution in [0, 0.1) is 0 Å². The number of hydrogen-bond acceptors (Lipinski definition) is 4. The number of nitrogens with zero attached hydrogens (tertiary/aromatic N) is 1. The van der Waals surface area contributed by atoms with Gasteiger partial charge in [0.15, 0.2) is 11.9 Å². The van der Waals surface area contributed by atoms with Gasteiger partial charge in [-0.3, -0.25) is 4.79 Å². The summed E-state index contributed by atoms with van der Waals surface area (Å²) in [5, 5.41) is 4.24. The number of fused-ring (bicyclic) bond motifs is 1. The Bertz CT molecular complexity index is 919. The van der Waals surface area contributed by atoms with Gasteiger partial charge in [0, 0.05) is 11.2 Å². The Morgan fingerprint density at radius 3 is 2.78 bits per heavy atom. The van der Waals surface area contributed by atoms with Crippen molar-refractivity contribution in [1.29, 1.82) is 0 Å². The summed E-state index contributed by atoms with van der Waals surface area (Å²) in [6.07, 6.45) is 2.09. The molecule has 0 spiro atoms. The minimum absolute atomic E-state index is 0.183. The first kappa shape index (κ1) is 15.9. The highest BCUT2D eigenvalue weighted by Gasteiger charge is 2.11. The second kappa shape index (κ2) is 6.62. The number of benzene rings is 2. The first-order valence-electron chi connectivity index (χ1n) is 6.51. The molecule has 0 unspecified atom stereocenters. The van der Waals surface area contributed by atoms with Crippen molar-refractivity contribution < 1.29 is 9.21 Å². The third-order valence-corrected chi connectivity index (χ3v) is 4.11. The van der Waals surface area contributed by atoms with Crippen molar-refractivity contribution in [3.05, 3.63) is 63.6 Å². The molecule has 3 rings (SSSR count). The summed E-state index contributed by atoms with van der Waals surface area (Å²) in [4.78, 5) is 15.6. The lowest BCUT2D eigenvalue weighted by molar-refractivity contribution is -0.103. The van der Waals surface area contributed by atoms with Crippen LogP contribution in [0.15, 0.2) is 47.0 Å². The van der Waals surface area contributed by atoms with Crippen molar-refractivity contribution >= 4 is 63.4 Å². The largest absolute Gasteiger partial charge is 0.436 e. The lowest BCUT2D eigenvalue weighted by Crippen LogP contribution is -1.94. The lowest BCUT2D eigenvalue weighted by Gasteiger charge is -2.05. The molecule has 0 atom stereocenters. The average molecular weight is 368 g/mol. The predicted octanol–water partition coefficient (Wildman–Crippen LogP) is 5.44. The molecule has 1 heterocycles. The second-order valence-corrected chi connectivity index (χ2v) is 5.82. The van der Waals surface area contributed by atoms with E-state index in [1.54, 1.807) is 36.4 Å². The van der Waals surface area contributed by atoms with Gasteiger partial charge in [0.05, 0.1) is 21.3 Å². The monoisotopic (exact) mass is 366 g/mol. The van der Waals surface area contributed by atoms with Crippen molar-refractivity contribution in [2.45, 2.75) is 0 Å². The number of oxazole rings is 1. The maximum atomic E-state index is 11.3. The first-order valence-corrected chi connectivity index (χ1v) is 7.64. The van der Waals surface area contributed by atoms with Gasteiger partial charge < -0.3 is 9.73 Å². The Morgan fingerprint density at radius 1 is 1.17 bits per heavy atom. The number of anilines is 1. The third kappa shape index (κ3) is 3.34. The van der Waals surface area contributed by atoms with Crippen molar-refractivity contribution in [1.82, 2.24) is 4.98 Å². The molecule has 4 nitrogen and oxygen atoms in total. The second-order valence-electron chi connectivity index (χ2n) is 4.59. The number of aldehydes is 1. The molecule has 3 aromatic rings. The molecule has 0 radical (unpaired) electrons. The highest BCUT2D eigenvalue weighted by Crippen LogP contribution is 2.30. The van der Waals surface area contributed by atoms with E-state index in [1.165, 1.54) is 6.20 Å². The van der Waals surface area contributed by atoms with E-state index in [9.17, 15) is 4.79 Å². The molecule has 0 saturated heterocycles. The van der Waals surface area contributed by atoms with E-state index in [0.717, 1.165) is 0 Å². The summed E-state index contributed by atoms with van der Waals surface area (Å²) < 4.78 is 5.55. The van der Waals surface area contributed by atoms with Crippen LogP contribution in [-0.4, -0.2) is 11.3 Å². The zero-order valence-corrected chi connectivity index (χ0v) is 13.8. The van der Waals surface area contributed by atoms with Gasteiger partial charge in [0.25, 0.3) is 0 Å². The van der Waals surface area contributed by atoms with Crippen molar-refractivity contribution in [2.24, 2.45) is 0 Å². The molecule has 23 heavy (non-hydrogen) atoms. The van der Waals surface area contributed by atoms with E-state index in [-0.39, 0.29) is 11.5 Å². The van der Waals surface area contributed by atoms with E-state index in [4.69, 9.17) is 39.2 Å². The zero-order valence-electron chi connectivity index (χ0n) is 11.5. The fourth-order valence-corrected chi connectivity index (χ4v) is 2.46. The van der Waals surface area contributed by atoms with Crippen molar-refractivity contribution in [2.75, 3.05) is 5.32 Å². The Kier molecular flexibility index (Phi) is 4.57.